The van der Waals surface area contributed by atoms with Gasteiger partial charge in [-0.05, 0) is 37.0 Å². The fraction of sp³-hybridized carbons (Fsp3) is 0.480. The van der Waals surface area contributed by atoms with Crippen molar-refractivity contribution < 1.29 is 18.7 Å². The van der Waals surface area contributed by atoms with Crippen LogP contribution in [0.3, 0.4) is 0 Å². The number of rotatable bonds is 12. The smallest absolute Gasteiger partial charge is 0.244 e. The average Bonchev–Trinajstić information content (AvgIpc) is 3.48. The normalized spacial score (nSPS) is 21.7. The monoisotopic (exact) mass is 488 g/mol. The molecule has 1 aliphatic heterocycles. The third-order valence-electron chi connectivity index (χ3n) is 6.03. The van der Waals surface area contributed by atoms with E-state index in [1.165, 1.54) is 0 Å². The predicted molar refractivity (Wildman–Crippen MR) is 128 cm³/mol. The molecular formula is C25H30ClFN4O3. The molecule has 2 aliphatic rings. The van der Waals surface area contributed by atoms with E-state index in [9.17, 15) is 19.2 Å². The molecule has 3 unspecified atom stereocenters. The number of hydrogen-bond donors (Lipinski definition) is 2. The molecule has 1 heterocycles. The molecule has 1 aliphatic carbocycles. The minimum Gasteiger partial charge on any atom is -0.488 e. The van der Waals surface area contributed by atoms with Crippen LogP contribution in [-0.2, 0) is 16.0 Å². The van der Waals surface area contributed by atoms with E-state index in [1.54, 1.807) is 35.3 Å². The van der Waals surface area contributed by atoms with E-state index in [4.69, 9.17) is 16.3 Å². The largest absolute Gasteiger partial charge is 0.488 e. The van der Waals surface area contributed by atoms with Crippen LogP contribution in [0, 0.1) is 11.3 Å². The second-order valence-electron chi connectivity index (χ2n) is 8.73. The molecule has 3 atom stereocenters. The molecule has 2 amide bonds. The summed E-state index contributed by atoms with van der Waals surface area (Å²) in [5.41, 5.74) is -0.176. The molecule has 1 saturated heterocycles. The van der Waals surface area contributed by atoms with Gasteiger partial charge in [-0.2, -0.15) is 5.26 Å². The van der Waals surface area contributed by atoms with Crippen molar-refractivity contribution in [2.75, 3.05) is 19.7 Å². The lowest BCUT2D eigenvalue weighted by atomic mass is 10.0. The molecule has 2 N–H and O–H groups in total. The average molecular weight is 489 g/mol. The molecule has 1 aromatic rings. The molecule has 9 heteroatoms. The van der Waals surface area contributed by atoms with E-state index in [0.717, 1.165) is 0 Å². The van der Waals surface area contributed by atoms with Crippen molar-refractivity contribution >= 4 is 23.4 Å². The van der Waals surface area contributed by atoms with Crippen molar-refractivity contribution in [3.05, 3.63) is 54.1 Å². The number of hydrogen-bond acceptors (Lipinski definition) is 5. The van der Waals surface area contributed by atoms with E-state index >= 15 is 0 Å². The Kier molecular flexibility index (Phi) is 8.70. The Balaban J connectivity index is 1.75. The molecule has 0 bridgehead atoms. The quantitative estimate of drug-likeness (QED) is 0.441. The van der Waals surface area contributed by atoms with Gasteiger partial charge >= 0.3 is 0 Å². The van der Waals surface area contributed by atoms with Crippen molar-refractivity contribution in [2.45, 2.75) is 55.9 Å². The molecule has 7 nitrogen and oxygen atoms in total. The topological polar surface area (TPSA) is 94.5 Å². The van der Waals surface area contributed by atoms with Crippen LogP contribution in [0.4, 0.5) is 4.39 Å². The Morgan fingerprint density at radius 3 is 2.76 bits per heavy atom. The number of carbonyl (C=O) groups excluding carboxylic acids is 2. The molecular weight excluding hydrogens is 459 g/mol. The van der Waals surface area contributed by atoms with Crippen LogP contribution in [0.1, 0.15) is 31.2 Å². The van der Waals surface area contributed by atoms with Gasteiger partial charge in [0.05, 0.1) is 17.1 Å². The molecule has 1 aromatic carbocycles. The Hall–Kier alpha value is -2.89. The lowest BCUT2D eigenvalue weighted by molar-refractivity contribution is -0.131. The summed E-state index contributed by atoms with van der Waals surface area (Å²) < 4.78 is 19.6. The van der Waals surface area contributed by atoms with Gasteiger partial charge in [0.1, 0.15) is 30.1 Å². The Bertz CT molecular complexity index is 975. The van der Waals surface area contributed by atoms with Gasteiger partial charge in [0.2, 0.25) is 11.8 Å². The van der Waals surface area contributed by atoms with Gasteiger partial charge in [-0.3, -0.25) is 14.5 Å². The molecule has 0 radical (unpaired) electrons. The second kappa shape index (κ2) is 11.5. The molecule has 3 rings (SSSR count). The highest BCUT2D eigenvalue weighted by Crippen LogP contribution is 2.34. The van der Waals surface area contributed by atoms with E-state index in [2.05, 4.69) is 29.9 Å². The third-order valence-corrected chi connectivity index (χ3v) is 6.32. The van der Waals surface area contributed by atoms with Crippen molar-refractivity contribution in [3.63, 3.8) is 0 Å². The van der Waals surface area contributed by atoms with Crippen molar-refractivity contribution in [2.24, 2.45) is 0 Å². The predicted octanol–water partition coefficient (Wildman–Crippen LogP) is 3.09. The standard InChI is InChI=1S/C25H30ClFN4O3/c1-3-5-10-31-15-18(27)14-21(31)24(33)29-20(23(32)30-25(16-28)8-9-25)13-17-6-7-22(19(26)12-17)34-11-4-2/h3-4,6-7,12,18,20-21H,1-2,5,8-11,13-15H2,(H,29,33)(H,30,32). The van der Waals surface area contributed by atoms with Crippen molar-refractivity contribution in [1.29, 1.82) is 5.26 Å². The first-order valence-corrected chi connectivity index (χ1v) is 11.7. The highest BCUT2D eigenvalue weighted by molar-refractivity contribution is 6.32. The zero-order valence-electron chi connectivity index (χ0n) is 19.1. The fourth-order valence-electron chi connectivity index (χ4n) is 3.99. The lowest BCUT2D eigenvalue weighted by Crippen LogP contribution is -2.55. The van der Waals surface area contributed by atoms with Gasteiger partial charge in [0.15, 0.2) is 0 Å². The van der Waals surface area contributed by atoms with Crippen LogP contribution in [-0.4, -0.2) is 60.2 Å². The number of likely N-dealkylation sites (tertiary alicyclic amines) is 1. The second-order valence-corrected chi connectivity index (χ2v) is 9.14. The molecule has 2 fully saturated rings. The van der Waals surface area contributed by atoms with Crippen LogP contribution in [0.15, 0.2) is 43.5 Å². The number of carbonyl (C=O) groups is 2. The fourth-order valence-corrected chi connectivity index (χ4v) is 4.25. The summed E-state index contributed by atoms with van der Waals surface area (Å²) in [6, 6.07) is 5.63. The molecule has 0 spiro atoms. The van der Waals surface area contributed by atoms with Gasteiger partial charge in [-0.15, -0.1) is 6.58 Å². The van der Waals surface area contributed by atoms with Crippen molar-refractivity contribution in [3.8, 4) is 11.8 Å². The van der Waals surface area contributed by atoms with E-state index < -0.39 is 35.6 Å². The Morgan fingerprint density at radius 1 is 1.38 bits per heavy atom. The van der Waals surface area contributed by atoms with Crippen LogP contribution in [0.25, 0.3) is 0 Å². The maximum atomic E-state index is 14.1. The zero-order chi connectivity index (χ0) is 24.7. The minimum absolute atomic E-state index is 0.0701. The van der Waals surface area contributed by atoms with Crippen molar-refractivity contribution in [1.82, 2.24) is 15.5 Å². The summed E-state index contributed by atoms with van der Waals surface area (Å²) in [6.07, 6.45) is 4.20. The SMILES string of the molecule is C=CCCN1CC(F)CC1C(=O)NC(Cc1ccc(OCC=C)c(Cl)c1)C(=O)NC1(C#N)CC1. The first kappa shape index (κ1) is 25.7. The lowest BCUT2D eigenvalue weighted by Gasteiger charge is -2.26. The maximum absolute atomic E-state index is 14.1. The summed E-state index contributed by atoms with van der Waals surface area (Å²) in [4.78, 5) is 28.0. The molecule has 1 saturated carbocycles. The number of nitriles is 1. The first-order chi connectivity index (χ1) is 16.3. The highest BCUT2D eigenvalue weighted by Gasteiger charge is 2.46. The summed E-state index contributed by atoms with van der Waals surface area (Å²) in [5, 5.41) is 15.3. The molecule has 34 heavy (non-hydrogen) atoms. The van der Waals surface area contributed by atoms with Gasteiger partial charge in [0.25, 0.3) is 0 Å². The Labute approximate surface area is 204 Å². The zero-order valence-corrected chi connectivity index (χ0v) is 19.8. The summed E-state index contributed by atoms with van der Waals surface area (Å²) in [5.74, 6) is -0.388. The van der Waals surface area contributed by atoms with Gasteiger partial charge in [0, 0.05) is 25.9 Å². The summed E-state index contributed by atoms with van der Waals surface area (Å²) in [7, 11) is 0. The number of amides is 2. The van der Waals surface area contributed by atoms with Crippen LogP contribution >= 0.6 is 11.6 Å². The number of benzene rings is 1. The third kappa shape index (κ3) is 6.58. The van der Waals surface area contributed by atoms with Gasteiger partial charge < -0.3 is 15.4 Å². The van der Waals surface area contributed by atoms with E-state index in [1.807, 2.05) is 0 Å². The van der Waals surface area contributed by atoms with E-state index in [-0.39, 0.29) is 19.4 Å². The number of ether oxygens (including phenoxy) is 1. The number of nitrogens with zero attached hydrogens (tertiary/aromatic N) is 2. The first-order valence-electron chi connectivity index (χ1n) is 11.4. The Morgan fingerprint density at radius 2 is 2.15 bits per heavy atom. The summed E-state index contributed by atoms with van der Waals surface area (Å²) in [6.45, 7) is 8.27. The van der Waals surface area contributed by atoms with Crippen LogP contribution in [0.5, 0.6) is 5.75 Å². The van der Waals surface area contributed by atoms with E-state index in [0.29, 0.717) is 48.7 Å². The highest BCUT2D eigenvalue weighted by atomic mass is 35.5. The number of halogens is 2. The number of nitrogens with one attached hydrogen (secondary N) is 2. The summed E-state index contributed by atoms with van der Waals surface area (Å²) >= 11 is 6.31. The van der Waals surface area contributed by atoms with Gasteiger partial charge in [-0.1, -0.05) is 36.4 Å². The van der Waals surface area contributed by atoms with Crippen LogP contribution < -0.4 is 15.4 Å². The minimum atomic E-state index is -1.11. The maximum Gasteiger partial charge on any atom is 0.244 e. The molecule has 0 aromatic heterocycles. The number of alkyl halides is 1. The van der Waals surface area contributed by atoms with Crippen LogP contribution in [0.2, 0.25) is 5.02 Å². The van der Waals surface area contributed by atoms with Gasteiger partial charge in [-0.25, -0.2) is 4.39 Å². The molecule has 182 valence electrons.